The second-order valence-electron chi connectivity index (χ2n) is 4.87. The second-order valence-corrected chi connectivity index (χ2v) is 4.87. The smallest absolute Gasteiger partial charge is 0.338 e. The first-order valence-electron chi connectivity index (χ1n) is 5.92. The molecule has 0 amide bonds. The topological polar surface area (TPSA) is 154 Å². The summed E-state index contributed by atoms with van der Waals surface area (Å²) < 4.78 is 10.1. The number of carboxylic acids is 2. The van der Waals surface area contributed by atoms with Gasteiger partial charge in [0.05, 0.1) is 12.5 Å². The van der Waals surface area contributed by atoms with E-state index in [0.717, 1.165) is 6.92 Å². The fraction of sp³-hybridized carbons (Fsp3) is 0.818. The average molecular weight is 294 g/mol. The summed E-state index contributed by atoms with van der Waals surface area (Å²) in [5, 5.41) is 46.7. The highest BCUT2D eigenvalue weighted by Crippen LogP contribution is 2.31. The molecule has 6 atom stereocenters. The maximum Gasteiger partial charge on any atom is 0.338 e. The molecule has 0 spiro atoms. The SMILES string of the molecule is CC(CC(=O)O)O[C@@H]1OC(C)(C(=O)O)C(O)C(O)C1O. The van der Waals surface area contributed by atoms with Gasteiger partial charge in [-0.3, -0.25) is 4.79 Å². The molecule has 116 valence electrons. The Morgan fingerprint density at radius 2 is 1.80 bits per heavy atom. The van der Waals surface area contributed by atoms with E-state index in [4.69, 9.17) is 19.7 Å². The Bertz CT molecular complexity index is 384. The Balaban J connectivity index is 2.86. The predicted molar refractivity (Wildman–Crippen MR) is 61.7 cm³/mol. The van der Waals surface area contributed by atoms with Crippen LogP contribution in [0.5, 0.6) is 0 Å². The maximum absolute atomic E-state index is 11.1. The van der Waals surface area contributed by atoms with Gasteiger partial charge in [-0.25, -0.2) is 4.79 Å². The third-order valence-corrected chi connectivity index (χ3v) is 3.13. The number of carboxylic acid groups (broad SMARTS) is 2. The van der Waals surface area contributed by atoms with Crippen LogP contribution in [0.15, 0.2) is 0 Å². The van der Waals surface area contributed by atoms with Gasteiger partial charge in [0.1, 0.15) is 18.3 Å². The molecule has 1 fully saturated rings. The summed E-state index contributed by atoms with van der Waals surface area (Å²) in [4.78, 5) is 21.6. The fourth-order valence-corrected chi connectivity index (χ4v) is 1.86. The second kappa shape index (κ2) is 6.02. The highest BCUT2D eigenvalue weighted by atomic mass is 16.7. The van der Waals surface area contributed by atoms with Crippen molar-refractivity contribution < 1.29 is 44.6 Å². The van der Waals surface area contributed by atoms with Crippen molar-refractivity contribution in [2.24, 2.45) is 0 Å². The van der Waals surface area contributed by atoms with Crippen molar-refractivity contribution in [1.82, 2.24) is 0 Å². The van der Waals surface area contributed by atoms with Gasteiger partial charge in [0, 0.05) is 0 Å². The molecule has 1 aliphatic rings. The van der Waals surface area contributed by atoms with Gasteiger partial charge in [0.15, 0.2) is 11.9 Å². The van der Waals surface area contributed by atoms with E-state index < -0.39 is 54.7 Å². The summed E-state index contributed by atoms with van der Waals surface area (Å²) in [6.07, 6.45) is -8.20. The summed E-state index contributed by atoms with van der Waals surface area (Å²) in [5.41, 5.74) is -2.17. The van der Waals surface area contributed by atoms with Crippen LogP contribution in [-0.2, 0) is 19.1 Å². The van der Waals surface area contributed by atoms with E-state index in [2.05, 4.69) is 0 Å². The van der Waals surface area contributed by atoms with Crippen LogP contribution in [0.25, 0.3) is 0 Å². The van der Waals surface area contributed by atoms with Crippen LogP contribution in [-0.4, -0.2) is 73.8 Å². The lowest BCUT2D eigenvalue weighted by molar-refractivity contribution is -0.329. The van der Waals surface area contributed by atoms with Gasteiger partial charge in [-0.1, -0.05) is 0 Å². The largest absolute Gasteiger partial charge is 0.481 e. The van der Waals surface area contributed by atoms with Crippen molar-refractivity contribution in [3.05, 3.63) is 0 Å². The minimum Gasteiger partial charge on any atom is -0.481 e. The van der Waals surface area contributed by atoms with Crippen LogP contribution in [0.2, 0.25) is 0 Å². The monoisotopic (exact) mass is 294 g/mol. The molecule has 1 aliphatic heterocycles. The number of rotatable bonds is 5. The minimum absolute atomic E-state index is 0.394. The van der Waals surface area contributed by atoms with E-state index in [1.165, 1.54) is 6.92 Å². The fourth-order valence-electron chi connectivity index (χ4n) is 1.86. The Kier molecular flexibility index (Phi) is 5.05. The molecule has 9 heteroatoms. The summed E-state index contributed by atoms with van der Waals surface area (Å²) in [7, 11) is 0. The van der Waals surface area contributed by atoms with E-state index >= 15 is 0 Å². The predicted octanol–water partition coefficient (Wildman–Crippen LogP) is -1.85. The third kappa shape index (κ3) is 3.25. The van der Waals surface area contributed by atoms with Crippen molar-refractivity contribution in [2.45, 2.75) is 56.6 Å². The molecule has 0 aromatic heterocycles. The molecule has 9 nitrogen and oxygen atoms in total. The van der Waals surface area contributed by atoms with Crippen LogP contribution < -0.4 is 0 Å². The number of hydrogen-bond donors (Lipinski definition) is 5. The molecular formula is C11H18O9. The lowest BCUT2D eigenvalue weighted by Gasteiger charge is -2.44. The first kappa shape index (κ1) is 16.8. The highest BCUT2D eigenvalue weighted by Gasteiger charge is 2.56. The lowest BCUT2D eigenvalue weighted by atomic mass is 9.88. The van der Waals surface area contributed by atoms with Gasteiger partial charge in [-0.15, -0.1) is 0 Å². The third-order valence-electron chi connectivity index (χ3n) is 3.13. The zero-order valence-electron chi connectivity index (χ0n) is 11.0. The number of hydrogen-bond acceptors (Lipinski definition) is 7. The normalized spacial score (nSPS) is 39.2. The van der Waals surface area contributed by atoms with Crippen molar-refractivity contribution in [2.75, 3.05) is 0 Å². The van der Waals surface area contributed by atoms with Gasteiger partial charge in [-0.2, -0.15) is 0 Å². The summed E-state index contributed by atoms with van der Waals surface area (Å²) in [6.45, 7) is 2.41. The van der Waals surface area contributed by atoms with Crippen LogP contribution in [0.3, 0.4) is 0 Å². The number of aliphatic carboxylic acids is 2. The first-order valence-corrected chi connectivity index (χ1v) is 5.92. The lowest BCUT2D eigenvalue weighted by Crippen LogP contribution is -2.66. The molecule has 0 aromatic rings. The van der Waals surface area contributed by atoms with Crippen molar-refractivity contribution >= 4 is 11.9 Å². The van der Waals surface area contributed by atoms with Gasteiger partial charge in [-0.05, 0) is 13.8 Å². The Labute approximate surface area is 114 Å². The molecule has 0 bridgehead atoms. The van der Waals surface area contributed by atoms with E-state index in [1.807, 2.05) is 0 Å². The molecule has 0 aromatic carbocycles. The number of aliphatic hydroxyl groups is 3. The van der Waals surface area contributed by atoms with E-state index in [-0.39, 0.29) is 0 Å². The molecule has 5 unspecified atom stereocenters. The minimum atomic E-state index is -2.17. The highest BCUT2D eigenvalue weighted by molar-refractivity contribution is 5.78. The van der Waals surface area contributed by atoms with E-state index in [1.54, 1.807) is 0 Å². The summed E-state index contributed by atoms with van der Waals surface area (Å²) in [6, 6.07) is 0. The molecule has 0 aliphatic carbocycles. The number of aliphatic hydroxyl groups excluding tert-OH is 3. The van der Waals surface area contributed by atoms with Crippen molar-refractivity contribution in [3.63, 3.8) is 0 Å². The zero-order chi connectivity index (χ0) is 15.7. The molecule has 20 heavy (non-hydrogen) atoms. The zero-order valence-corrected chi connectivity index (χ0v) is 11.0. The molecule has 1 saturated heterocycles. The summed E-state index contributed by atoms with van der Waals surface area (Å²) in [5.74, 6) is -2.69. The molecule has 1 heterocycles. The van der Waals surface area contributed by atoms with Crippen LogP contribution in [0.1, 0.15) is 20.3 Å². The van der Waals surface area contributed by atoms with Crippen molar-refractivity contribution in [1.29, 1.82) is 0 Å². The van der Waals surface area contributed by atoms with Gasteiger partial charge < -0.3 is 35.0 Å². The average Bonchev–Trinajstić information content (AvgIpc) is 2.32. The van der Waals surface area contributed by atoms with Crippen LogP contribution in [0, 0.1) is 0 Å². The van der Waals surface area contributed by atoms with E-state index in [0.29, 0.717) is 0 Å². The number of carbonyl (C=O) groups is 2. The van der Waals surface area contributed by atoms with Crippen molar-refractivity contribution in [3.8, 4) is 0 Å². The molecule has 1 rings (SSSR count). The molecule has 0 saturated carbocycles. The Hall–Kier alpha value is -1.26. The Morgan fingerprint density at radius 1 is 1.25 bits per heavy atom. The quantitative estimate of drug-likeness (QED) is 0.393. The van der Waals surface area contributed by atoms with Gasteiger partial charge in [0.2, 0.25) is 0 Å². The van der Waals surface area contributed by atoms with Crippen LogP contribution >= 0.6 is 0 Å². The standard InChI is InChI=1S/C11H18O9/c1-4(3-5(12)13)19-9-7(15)6(14)8(16)11(2,20-9)10(17)18/h4,6-9,14-16H,3H2,1-2H3,(H,12,13)(H,17,18)/t4?,6?,7?,8?,9-,11?/m1/s1. The van der Waals surface area contributed by atoms with Gasteiger partial charge >= 0.3 is 11.9 Å². The number of ether oxygens (including phenoxy) is 2. The van der Waals surface area contributed by atoms with E-state index in [9.17, 15) is 24.9 Å². The molecular weight excluding hydrogens is 276 g/mol. The molecule has 0 radical (unpaired) electrons. The molecule has 5 N–H and O–H groups in total. The van der Waals surface area contributed by atoms with Crippen LogP contribution in [0.4, 0.5) is 0 Å². The summed E-state index contributed by atoms with van der Waals surface area (Å²) >= 11 is 0. The maximum atomic E-state index is 11.1. The first-order chi connectivity index (χ1) is 9.09. The Morgan fingerprint density at radius 3 is 2.25 bits per heavy atom. The van der Waals surface area contributed by atoms with Gasteiger partial charge in [0.25, 0.3) is 0 Å².